The second kappa shape index (κ2) is 8.85. The van der Waals surface area contributed by atoms with E-state index < -0.39 is 6.04 Å². The van der Waals surface area contributed by atoms with E-state index >= 15 is 0 Å². The standard InChI is InChI=1S/C19H24ClN3O2/c1-13-4-6-14(7-5-13)18(21)19(24)22-15-8-9-17(16(20)12-15)25-11-10-23(2)3/h4-9,12,18H,10-11,21H2,1-3H3,(H,22,24). The van der Waals surface area contributed by atoms with Crippen LogP contribution in [-0.4, -0.2) is 38.1 Å². The van der Waals surface area contributed by atoms with Crippen LogP contribution in [-0.2, 0) is 4.79 Å². The fourth-order valence-corrected chi connectivity index (χ4v) is 2.41. The molecule has 0 heterocycles. The highest BCUT2D eigenvalue weighted by molar-refractivity contribution is 6.32. The summed E-state index contributed by atoms with van der Waals surface area (Å²) in [6.45, 7) is 3.32. The predicted molar refractivity (Wildman–Crippen MR) is 102 cm³/mol. The number of benzene rings is 2. The third kappa shape index (κ3) is 5.74. The van der Waals surface area contributed by atoms with Gasteiger partial charge in [0.25, 0.3) is 0 Å². The van der Waals surface area contributed by atoms with Gasteiger partial charge in [0.15, 0.2) is 0 Å². The number of likely N-dealkylation sites (N-methyl/N-ethyl adjacent to an activating group) is 1. The number of nitrogens with zero attached hydrogens (tertiary/aromatic N) is 1. The summed E-state index contributed by atoms with van der Waals surface area (Å²) >= 11 is 6.22. The molecule has 0 aliphatic heterocycles. The van der Waals surface area contributed by atoms with E-state index in [-0.39, 0.29) is 5.91 Å². The van der Waals surface area contributed by atoms with Crippen molar-refractivity contribution in [2.24, 2.45) is 5.73 Å². The van der Waals surface area contributed by atoms with Crippen molar-refractivity contribution < 1.29 is 9.53 Å². The van der Waals surface area contributed by atoms with E-state index in [4.69, 9.17) is 22.1 Å². The Morgan fingerprint density at radius 3 is 2.52 bits per heavy atom. The van der Waals surface area contributed by atoms with Gasteiger partial charge in [-0.15, -0.1) is 0 Å². The quantitative estimate of drug-likeness (QED) is 0.794. The van der Waals surface area contributed by atoms with Gasteiger partial charge in [-0.1, -0.05) is 41.4 Å². The zero-order chi connectivity index (χ0) is 18.4. The number of halogens is 1. The van der Waals surface area contributed by atoms with Crippen LogP contribution in [0.5, 0.6) is 5.75 Å². The van der Waals surface area contributed by atoms with Gasteiger partial charge < -0.3 is 20.7 Å². The van der Waals surface area contributed by atoms with Gasteiger partial charge in [0.2, 0.25) is 5.91 Å². The first-order chi connectivity index (χ1) is 11.9. The molecule has 134 valence electrons. The van der Waals surface area contributed by atoms with Crippen molar-refractivity contribution in [2.45, 2.75) is 13.0 Å². The van der Waals surface area contributed by atoms with E-state index in [0.29, 0.717) is 23.1 Å². The number of hydrogen-bond donors (Lipinski definition) is 2. The van der Waals surface area contributed by atoms with Crippen molar-refractivity contribution in [2.75, 3.05) is 32.6 Å². The Hall–Kier alpha value is -2.08. The van der Waals surface area contributed by atoms with Gasteiger partial charge in [0.05, 0.1) is 5.02 Å². The van der Waals surface area contributed by atoms with Crippen LogP contribution in [0.2, 0.25) is 5.02 Å². The molecule has 2 rings (SSSR count). The summed E-state index contributed by atoms with van der Waals surface area (Å²) in [5, 5.41) is 3.23. The average molecular weight is 362 g/mol. The van der Waals surface area contributed by atoms with Crippen LogP contribution in [0.25, 0.3) is 0 Å². The molecule has 0 fully saturated rings. The number of aryl methyl sites for hydroxylation is 1. The lowest BCUT2D eigenvalue weighted by Crippen LogP contribution is -2.27. The summed E-state index contributed by atoms with van der Waals surface area (Å²) in [6, 6.07) is 12.0. The number of nitrogens with two attached hydrogens (primary N) is 1. The first kappa shape index (κ1) is 19.2. The highest BCUT2D eigenvalue weighted by Crippen LogP contribution is 2.28. The second-order valence-electron chi connectivity index (χ2n) is 6.17. The number of hydrogen-bond acceptors (Lipinski definition) is 4. The largest absolute Gasteiger partial charge is 0.491 e. The van der Waals surface area contributed by atoms with E-state index in [0.717, 1.165) is 17.7 Å². The summed E-state index contributed by atoms with van der Waals surface area (Å²) in [5.74, 6) is 0.297. The molecule has 0 aromatic heterocycles. The van der Waals surface area contributed by atoms with E-state index in [2.05, 4.69) is 5.32 Å². The van der Waals surface area contributed by atoms with Gasteiger partial charge in [0, 0.05) is 12.2 Å². The van der Waals surface area contributed by atoms with Crippen LogP contribution in [0, 0.1) is 6.92 Å². The Kier molecular flexibility index (Phi) is 6.82. The van der Waals surface area contributed by atoms with Crippen LogP contribution in [0.1, 0.15) is 17.2 Å². The fourth-order valence-electron chi connectivity index (χ4n) is 2.18. The van der Waals surface area contributed by atoms with Gasteiger partial charge >= 0.3 is 0 Å². The second-order valence-corrected chi connectivity index (χ2v) is 6.58. The molecule has 5 nitrogen and oxygen atoms in total. The Labute approximate surface area is 153 Å². The molecule has 1 amide bonds. The van der Waals surface area contributed by atoms with Gasteiger partial charge in [-0.05, 0) is 44.8 Å². The lowest BCUT2D eigenvalue weighted by Gasteiger charge is -2.15. The van der Waals surface area contributed by atoms with E-state index in [9.17, 15) is 4.79 Å². The molecule has 0 saturated heterocycles. The van der Waals surface area contributed by atoms with E-state index in [1.807, 2.05) is 50.2 Å². The molecule has 2 aromatic rings. The maximum Gasteiger partial charge on any atom is 0.245 e. The zero-order valence-corrected chi connectivity index (χ0v) is 15.5. The van der Waals surface area contributed by atoms with Crippen molar-refractivity contribution in [3.05, 3.63) is 58.6 Å². The first-order valence-corrected chi connectivity index (χ1v) is 8.44. The van der Waals surface area contributed by atoms with Gasteiger partial charge in [-0.25, -0.2) is 0 Å². The lowest BCUT2D eigenvalue weighted by molar-refractivity contribution is -0.117. The average Bonchev–Trinajstić information content (AvgIpc) is 2.56. The smallest absolute Gasteiger partial charge is 0.245 e. The van der Waals surface area contributed by atoms with Crippen molar-refractivity contribution in [3.8, 4) is 5.75 Å². The number of rotatable bonds is 7. The third-order valence-electron chi connectivity index (χ3n) is 3.71. The molecule has 0 spiro atoms. The summed E-state index contributed by atoms with van der Waals surface area (Å²) in [7, 11) is 3.95. The minimum atomic E-state index is -0.740. The molecule has 0 aliphatic carbocycles. The molecule has 0 radical (unpaired) electrons. The van der Waals surface area contributed by atoms with Crippen LogP contribution >= 0.6 is 11.6 Å². The molecular weight excluding hydrogens is 338 g/mol. The van der Waals surface area contributed by atoms with Gasteiger partial charge in [0.1, 0.15) is 18.4 Å². The summed E-state index contributed by atoms with van der Waals surface area (Å²) < 4.78 is 5.62. The monoisotopic (exact) mass is 361 g/mol. The molecule has 6 heteroatoms. The summed E-state index contributed by atoms with van der Waals surface area (Å²) in [5.41, 5.74) is 8.49. The van der Waals surface area contributed by atoms with Crippen LogP contribution in [0.15, 0.2) is 42.5 Å². The van der Waals surface area contributed by atoms with Gasteiger partial charge in [-0.3, -0.25) is 4.79 Å². The lowest BCUT2D eigenvalue weighted by atomic mass is 10.1. The number of carbonyl (C=O) groups is 1. The Balaban J connectivity index is 1.98. The number of amides is 1. The molecule has 1 atom stereocenters. The number of ether oxygens (including phenoxy) is 1. The van der Waals surface area contributed by atoms with E-state index in [1.54, 1.807) is 18.2 Å². The number of carbonyl (C=O) groups excluding carboxylic acids is 1. The molecule has 2 aromatic carbocycles. The Morgan fingerprint density at radius 1 is 1.24 bits per heavy atom. The molecule has 25 heavy (non-hydrogen) atoms. The molecule has 0 bridgehead atoms. The number of nitrogens with one attached hydrogen (secondary N) is 1. The zero-order valence-electron chi connectivity index (χ0n) is 14.8. The van der Waals surface area contributed by atoms with Crippen molar-refractivity contribution >= 4 is 23.2 Å². The minimum absolute atomic E-state index is 0.291. The molecule has 3 N–H and O–H groups in total. The first-order valence-electron chi connectivity index (χ1n) is 8.07. The Morgan fingerprint density at radius 2 is 1.92 bits per heavy atom. The Bertz CT molecular complexity index is 717. The highest BCUT2D eigenvalue weighted by Gasteiger charge is 2.16. The highest BCUT2D eigenvalue weighted by atomic mass is 35.5. The SMILES string of the molecule is Cc1ccc(C(N)C(=O)Nc2ccc(OCCN(C)C)c(Cl)c2)cc1. The van der Waals surface area contributed by atoms with Crippen LogP contribution in [0.4, 0.5) is 5.69 Å². The van der Waals surface area contributed by atoms with Crippen molar-refractivity contribution in [1.82, 2.24) is 4.90 Å². The molecular formula is C19H24ClN3O2. The molecule has 0 saturated carbocycles. The summed E-state index contributed by atoms with van der Waals surface area (Å²) in [6.07, 6.45) is 0. The maximum absolute atomic E-state index is 12.3. The van der Waals surface area contributed by atoms with Crippen LogP contribution in [0.3, 0.4) is 0 Å². The minimum Gasteiger partial charge on any atom is -0.491 e. The van der Waals surface area contributed by atoms with Crippen LogP contribution < -0.4 is 15.8 Å². The molecule has 0 aliphatic rings. The van der Waals surface area contributed by atoms with Crippen molar-refractivity contribution in [1.29, 1.82) is 0 Å². The van der Waals surface area contributed by atoms with Gasteiger partial charge in [-0.2, -0.15) is 0 Å². The predicted octanol–water partition coefficient (Wildman–Crippen LogP) is 3.23. The number of anilines is 1. The maximum atomic E-state index is 12.3. The van der Waals surface area contributed by atoms with E-state index in [1.165, 1.54) is 0 Å². The fraction of sp³-hybridized carbons (Fsp3) is 0.316. The normalized spacial score (nSPS) is 12.1. The third-order valence-corrected chi connectivity index (χ3v) is 4.01. The topological polar surface area (TPSA) is 67.6 Å². The van der Waals surface area contributed by atoms with Crippen molar-refractivity contribution in [3.63, 3.8) is 0 Å². The summed E-state index contributed by atoms with van der Waals surface area (Å²) in [4.78, 5) is 14.3. The molecule has 1 unspecified atom stereocenters.